The van der Waals surface area contributed by atoms with Gasteiger partial charge < -0.3 is 0 Å². The van der Waals surface area contributed by atoms with Gasteiger partial charge in [-0.1, -0.05) is 6.92 Å². The van der Waals surface area contributed by atoms with Crippen LogP contribution >= 0.6 is 22.9 Å². The molecule has 0 fully saturated rings. The lowest BCUT2D eigenvalue weighted by Gasteiger charge is -2.25. The van der Waals surface area contributed by atoms with Crippen LogP contribution in [0, 0.1) is 0 Å². The number of hydrogen-bond acceptors (Lipinski definition) is 3. The van der Waals surface area contributed by atoms with Gasteiger partial charge in [0.2, 0.25) is 0 Å². The summed E-state index contributed by atoms with van der Waals surface area (Å²) in [4.78, 5) is 8.45. The second-order valence-corrected chi connectivity index (χ2v) is 5.07. The number of thiazole rings is 1. The summed E-state index contributed by atoms with van der Waals surface area (Å²) < 4.78 is 0. The second kappa shape index (κ2) is 4.60. The highest BCUT2D eigenvalue weighted by Gasteiger charge is 2.19. The Morgan fingerprint density at radius 2 is 2.43 bits per heavy atom. The summed E-state index contributed by atoms with van der Waals surface area (Å²) in [5, 5.41) is 1.08. The van der Waals surface area contributed by atoms with Crippen molar-refractivity contribution < 1.29 is 0 Å². The van der Waals surface area contributed by atoms with E-state index in [-0.39, 0.29) is 0 Å². The lowest BCUT2D eigenvalue weighted by molar-refractivity contribution is 0.256. The number of rotatable bonds is 3. The van der Waals surface area contributed by atoms with Crippen LogP contribution in [0.2, 0.25) is 0 Å². The predicted octanol–water partition coefficient (Wildman–Crippen LogP) is 2.65. The molecule has 0 aliphatic carbocycles. The molecule has 14 heavy (non-hydrogen) atoms. The van der Waals surface area contributed by atoms with E-state index in [2.05, 4.69) is 16.8 Å². The van der Waals surface area contributed by atoms with Crippen LogP contribution < -0.4 is 0 Å². The van der Waals surface area contributed by atoms with E-state index in [0.29, 0.717) is 5.88 Å². The normalized spacial score (nSPS) is 17.0. The molecule has 0 saturated heterocycles. The minimum Gasteiger partial charge on any atom is -0.298 e. The Bertz CT molecular complexity index is 311. The highest BCUT2D eigenvalue weighted by molar-refractivity contribution is 7.11. The molecule has 0 N–H and O–H groups in total. The average Bonchev–Trinajstić information content (AvgIpc) is 2.60. The van der Waals surface area contributed by atoms with E-state index in [1.807, 2.05) is 0 Å². The molecule has 78 valence electrons. The SMILES string of the molecule is CCCN1CCc2nc(CCl)sc2C1. The topological polar surface area (TPSA) is 16.1 Å². The third kappa shape index (κ3) is 2.10. The first-order valence-corrected chi connectivity index (χ1v) is 6.44. The molecular formula is C10H15ClN2S. The fourth-order valence-electron chi connectivity index (χ4n) is 1.87. The molecule has 1 aliphatic heterocycles. The number of halogens is 1. The van der Waals surface area contributed by atoms with Crippen molar-refractivity contribution >= 4 is 22.9 Å². The van der Waals surface area contributed by atoms with E-state index < -0.39 is 0 Å². The minimum absolute atomic E-state index is 0.561. The third-order valence-corrected chi connectivity index (χ3v) is 4.00. The summed E-state index contributed by atoms with van der Waals surface area (Å²) in [6, 6.07) is 0. The maximum atomic E-state index is 5.78. The molecule has 2 rings (SSSR count). The molecule has 0 bridgehead atoms. The summed E-state index contributed by atoms with van der Waals surface area (Å²) in [6.07, 6.45) is 2.33. The Kier molecular flexibility index (Phi) is 3.42. The molecule has 0 saturated carbocycles. The number of nitrogens with zero attached hydrogens (tertiary/aromatic N) is 2. The Labute approximate surface area is 93.9 Å². The lowest BCUT2D eigenvalue weighted by atomic mass is 10.2. The third-order valence-electron chi connectivity index (χ3n) is 2.51. The van der Waals surface area contributed by atoms with Gasteiger partial charge in [-0.25, -0.2) is 4.98 Å². The van der Waals surface area contributed by atoms with Crippen LogP contribution in [-0.2, 0) is 18.8 Å². The average molecular weight is 231 g/mol. The monoisotopic (exact) mass is 230 g/mol. The number of aromatic nitrogens is 1. The fraction of sp³-hybridized carbons (Fsp3) is 0.700. The van der Waals surface area contributed by atoms with E-state index in [1.165, 1.54) is 23.5 Å². The van der Waals surface area contributed by atoms with Gasteiger partial charge in [0.05, 0.1) is 11.6 Å². The van der Waals surface area contributed by atoms with Crippen molar-refractivity contribution in [3.05, 3.63) is 15.6 Å². The zero-order valence-electron chi connectivity index (χ0n) is 8.42. The highest BCUT2D eigenvalue weighted by Crippen LogP contribution is 2.25. The van der Waals surface area contributed by atoms with Gasteiger partial charge in [-0.3, -0.25) is 4.90 Å². The van der Waals surface area contributed by atoms with Gasteiger partial charge >= 0.3 is 0 Å². The van der Waals surface area contributed by atoms with Gasteiger partial charge in [0.1, 0.15) is 5.01 Å². The smallest absolute Gasteiger partial charge is 0.108 e. The fourth-order valence-corrected chi connectivity index (χ4v) is 3.10. The molecule has 0 radical (unpaired) electrons. The Morgan fingerprint density at radius 1 is 1.57 bits per heavy atom. The summed E-state index contributed by atoms with van der Waals surface area (Å²) in [7, 11) is 0. The van der Waals surface area contributed by atoms with Gasteiger partial charge in [0.15, 0.2) is 0 Å². The van der Waals surface area contributed by atoms with E-state index in [4.69, 9.17) is 11.6 Å². The van der Waals surface area contributed by atoms with Gasteiger partial charge in [-0.2, -0.15) is 0 Å². The first kappa shape index (κ1) is 10.4. The Balaban J connectivity index is 2.09. The van der Waals surface area contributed by atoms with Gasteiger partial charge in [-0.15, -0.1) is 22.9 Å². The van der Waals surface area contributed by atoms with Crippen LogP contribution in [0.5, 0.6) is 0 Å². The van der Waals surface area contributed by atoms with Crippen molar-refractivity contribution in [3.8, 4) is 0 Å². The first-order valence-electron chi connectivity index (χ1n) is 5.09. The first-order chi connectivity index (χ1) is 6.83. The van der Waals surface area contributed by atoms with Crippen LogP contribution in [0.1, 0.15) is 28.9 Å². The predicted molar refractivity (Wildman–Crippen MR) is 60.9 cm³/mol. The molecule has 0 amide bonds. The van der Waals surface area contributed by atoms with E-state index in [9.17, 15) is 0 Å². The largest absolute Gasteiger partial charge is 0.298 e. The van der Waals surface area contributed by atoms with Crippen LogP contribution in [0.15, 0.2) is 0 Å². The van der Waals surface area contributed by atoms with Crippen LogP contribution in [0.25, 0.3) is 0 Å². The molecule has 1 aromatic heterocycles. The van der Waals surface area contributed by atoms with Crippen molar-refractivity contribution in [1.29, 1.82) is 0 Å². The quantitative estimate of drug-likeness (QED) is 0.743. The zero-order valence-corrected chi connectivity index (χ0v) is 10.00. The summed E-state index contributed by atoms with van der Waals surface area (Å²) in [5.74, 6) is 0.561. The van der Waals surface area contributed by atoms with E-state index in [0.717, 1.165) is 24.5 Å². The molecule has 0 unspecified atom stereocenters. The van der Waals surface area contributed by atoms with Crippen molar-refractivity contribution in [2.45, 2.75) is 32.2 Å². The Morgan fingerprint density at radius 3 is 3.14 bits per heavy atom. The molecule has 1 aliphatic rings. The maximum Gasteiger partial charge on any atom is 0.108 e. The summed E-state index contributed by atoms with van der Waals surface area (Å²) >= 11 is 7.56. The molecule has 1 aromatic rings. The highest BCUT2D eigenvalue weighted by atomic mass is 35.5. The molecule has 0 spiro atoms. The maximum absolute atomic E-state index is 5.78. The number of hydrogen-bond donors (Lipinski definition) is 0. The Hall–Kier alpha value is -0.120. The van der Waals surface area contributed by atoms with E-state index >= 15 is 0 Å². The van der Waals surface area contributed by atoms with Crippen LogP contribution in [0.4, 0.5) is 0 Å². The summed E-state index contributed by atoms with van der Waals surface area (Å²) in [6.45, 7) is 5.67. The van der Waals surface area contributed by atoms with Gasteiger partial charge in [0.25, 0.3) is 0 Å². The lowest BCUT2D eigenvalue weighted by Crippen LogP contribution is -2.30. The van der Waals surface area contributed by atoms with Crippen molar-refractivity contribution in [1.82, 2.24) is 9.88 Å². The summed E-state index contributed by atoms with van der Waals surface area (Å²) in [5.41, 5.74) is 1.29. The molecule has 2 nitrogen and oxygen atoms in total. The zero-order chi connectivity index (χ0) is 9.97. The van der Waals surface area contributed by atoms with Crippen molar-refractivity contribution in [3.63, 3.8) is 0 Å². The molecular weight excluding hydrogens is 216 g/mol. The second-order valence-electron chi connectivity index (χ2n) is 3.64. The molecule has 2 heterocycles. The van der Waals surface area contributed by atoms with Gasteiger partial charge in [-0.05, 0) is 13.0 Å². The molecule has 4 heteroatoms. The van der Waals surface area contributed by atoms with Crippen molar-refractivity contribution in [2.75, 3.05) is 13.1 Å². The van der Waals surface area contributed by atoms with E-state index in [1.54, 1.807) is 11.3 Å². The number of alkyl halides is 1. The van der Waals surface area contributed by atoms with Crippen LogP contribution in [-0.4, -0.2) is 23.0 Å². The molecule has 0 atom stereocenters. The minimum atomic E-state index is 0.561. The van der Waals surface area contributed by atoms with Gasteiger partial charge in [0, 0.05) is 24.4 Å². The van der Waals surface area contributed by atoms with Crippen molar-refractivity contribution in [2.24, 2.45) is 0 Å². The standard InChI is InChI=1S/C10H15ClN2S/c1-2-4-13-5-3-8-9(7-13)14-10(6-11)12-8/h2-7H2,1H3. The van der Waals surface area contributed by atoms with Crippen LogP contribution in [0.3, 0.4) is 0 Å². The molecule has 0 aromatic carbocycles. The number of fused-ring (bicyclic) bond motifs is 1.